The molecule has 0 unspecified atom stereocenters. The quantitative estimate of drug-likeness (QED) is 0.381. The third-order valence-corrected chi connectivity index (χ3v) is 8.22. The number of benzene rings is 3. The van der Waals surface area contributed by atoms with Gasteiger partial charge in [-0.3, -0.25) is 9.69 Å². The van der Waals surface area contributed by atoms with Crippen LogP contribution in [0.4, 0.5) is 27.5 Å². The Kier molecular flexibility index (Phi) is 9.22. The normalized spacial score (nSPS) is 16.0. The SMILES string of the molecule is Cc1cc(C)cc(N2CCN(CC(=O)Nc3ccc(N4CCN(C(=O)Nc5c(Cl)cccc5Cl)CC4)cc3)CC2)c1. The minimum absolute atomic E-state index is 0.00384. The topological polar surface area (TPSA) is 71.2 Å². The first kappa shape index (κ1) is 29.0. The lowest BCUT2D eigenvalue weighted by Gasteiger charge is -2.36. The molecule has 0 bridgehead atoms. The zero-order valence-electron chi connectivity index (χ0n) is 23.5. The van der Waals surface area contributed by atoms with Gasteiger partial charge in [0.1, 0.15) is 0 Å². The van der Waals surface area contributed by atoms with Gasteiger partial charge in [0.15, 0.2) is 0 Å². The molecule has 0 aliphatic carbocycles. The van der Waals surface area contributed by atoms with Crippen LogP contribution in [0, 0.1) is 13.8 Å². The van der Waals surface area contributed by atoms with Gasteiger partial charge < -0.3 is 25.3 Å². The molecule has 2 N–H and O–H groups in total. The number of carbonyl (C=O) groups is 2. The standard InChI is InChI=1S/C31H36Cl2N6O2/c1-22-18-23(2)20-26(19-22)38-12-10-36(11-13-38)21-29(40)34-24-6-8-25(9-7-24)37-14-16-39(17-15-37)31(41)35-30-27(32)4-3-5-28(30)33/h3-9,18-20H,10-17,21H2,1-2H3,(H,34,40)(H,35,41). The van der Waals surface area contributed by atoms with Crippen LogP contribution in [0.25, 0.3) is 0 Å². The second kappa shape index (κ2) is 13.0. The van der Waals surface area contributed by atoms with Gasteiger partial charge in [-0.1, -0.05) is 35.3 Å². The lowest BCUT2D eigenvalue weighted by atomic mass is 10.1. The van der Waals surface area contributed by atoms with Crippen molar-refractivity contribution in [1.29, 1.82) is 0 Å². The van der Waals surface area contributed by atoms with Crippen LogP contribution in [-0.4, -0.2) is 80.6 Å². The van der Waals surface area contributed by atoms with Crippen molar-refractivity contribution in [3.8, 4) is 0 Å². The number of hydrogen-bond acceptors (Lipinski definition) is 5. The molecule has 0 spiro atoms. The van der Waals surface area contributed by atoms with Crippen LogP contribution >= 0.6 is 23.2 Å². The first-order valence-corrected chi connectivity index (χ1v) is 14.7. The first-order valence-electron chi connectivity index (χ1n) is 14.0. The molecule has 0 saturated carbocycles. The Morgan fingerprint density at radius 2 is 1.27 bits per heavy atom. The fraction of sp³-hybridized carbons (Fsp3) is 0.355. The number of urea groups is 1. The third kappa shape index (κ3) is 7.44. The molecule has 41 heavy (non-hydrogen) atoms. The molecule has 3 aromatic rings. The average Bonchev–Trinajstić information content (AvgIpc) is 2.95. The van der Waals surface area contributed by atoms with E-state index in [0.29, 0.717) is 48.5 Å². The highest BCUT2D eigenvalue weighted by molar-refractivity contribution is 6.39. The van der Waals surface area contributed by atoms with Crippen LogP contribution in [0.5, 0.6) is 0 Å². The number of nitrogens with one attached hydrogen (secondary N) is 2. The van der Waals surface area contributed by atoms with Gasteiger partial charge in [-0.05, 0) is 73.5 Å². The van der Waals surface area contributed by atoms with Crippen molar-refractivity contribution < 1.29 is 9.59 Å². The zero-order chi connectivity index (χ0) is 28.9. The number of nitrogens with zero attached hydrogens (tertiary/aromatic N) is 4. The molecule has 10 heteroatoms. The predicted octanol–water partition coefficient (Wildman–Crippen LogP) is 5.73. The molecule has 216 valence electrons. The van der Waals surface area contributed by atoms with Gasteiger partial charge in [-0.25, -0.2) is 4.79 Å². The van der Waals surface area contributed by atoms with E-state index in [4.69, 9.17) is 23.2 Å². The Bertz CT molecular complexity index is 1340. The van der Waals surface area contributed by atoms with Crippen molar-refractivity contribution >= 4 is 57.9 Å². The molecule has 5 rings (SSSR count). The van der Waals surface area contributed by atoms with Crippen molar-refractivity contribution in [3.05, 3.63) is 81.8 Å². The maximum Gasteiger partial charge on any atom is 0.322 e. The molecular formula is C31H36Cl2N6O2. The fourth-order valence-corrected chi connectivity index (χ4v) is 5.92. The monoisotopic (exact) mass is 594 g/mol. The van der Waals surface area contributed by atoms with Crippen LogP contribution in [0.15, 0.2) is 60.7 Å². The fourth-order valence-electron chi connectivity index (χ4n) is 5.43. The number of halogens is 2. The summed E-state index contributed by atoms with van der Waals surface area (Å²) in [6.07, 6.45) is 0. The highest BCUT2D eigenvalue weighted by Gasteiger charge is 2.23. The highest BCUT2D eigenvalue weighted by atomic mass is 35.5. The van der Waals surface area contributed by atoms with Crippen LogP contribution < -0.4 is 20.4 Å². The summed E-state index contributed by atoms with van der Waals surface area (Å²) in [5.74, 6) is -0.00384. The van der Waals surface area contributed by atoms with Crippen molar-refractivity contribution in [2.75, 3.05) is 79.3 Å². The number of carbonyl (C=O) groups excluding carboxylic acids is 2. The minimum Gasteiger partial charge on any atom is -0.369 e. The number of anilines is 4. The number of hydrogen-bond donors (Lipinski definition) is 2. The Balaban J connectivity index is 1.06. The van der Waals surface area contributed by atoms with Crippen molar-refractivity contribution in [2.45, 2.75) is 13.8 Å². The minimum atomic E-state index is -0.218. The van der Waals surface area contributed by atoms with Crippen LogP contribution in [-0.2, 0) is 4.79 Å². The van der Waals surface area contributed by atoms with Crippen LogP contribution in [0.2, 0.25) is 10.0 Å². The molecular weight excluding hydrogens is 559 g/mol. The zero-order valence-corrected chi connectivity index (χ0v) is 25.0. The van der Waals surface area contributed by atoms with E-state index < -0.39 is 0 Å². The van der Waals surface area contributed by atoms with E-state index in [2.05, 4.69) is 57.4 Å². The molecule has 2 aliphatic rings. The molecule has 2 saturated heterocycles. The summed E-state index contributed by atoms with van der Waals surface area (Å²) in [7, 11) is 0. The lowest BCUT2D eigenvalue weighted by Crippen LogP contribution is -2.50. The van der Waals surface area contributed by atoms with Gasteiger partial charge in [-0.15, -0.1) is 0 Å². The van der Waals surface area contributed by atoms with E-state index >= 15 is 0 Å². The number of para-hydroxylation sites is 1. The summed E-state index contributed by atoms with van der Waals surface area (Å²) in [4.78, 5) is 34.1. The predicted molar refractivity (Wildman–Crippen MR) is 169 cm³/mol. The number of aryl methyl sites for hydroxylation is 2. The molecule has 0 aromatic heterocycles. The van der Waals surface area contributed by atoms with Gasteiger partial charge >= 0.3 is 6.03 Å². The first-order chi connectivity index (χ1) is 19.7. The number of piperazine rings is 2. The molecule has 0 atom stereocenters. The van der Waals surface area contributed by atoms with Gasteiger partial charge in [0.25, 0.3) is 0 Å². The molecule has 3 amide bonds. The van der Waals surface area contributed by atoms with E-state index in [1.54, 1.807) is 23.1 Å². The summed E-state index contributed by atoms with van der Waals surface area (Å²) >= 11 is 12.4. The van der Waals surface area contributed by atoms with E-state index in [1.165, 1.54) is 16.8 Å². The summed E-state index contributed by atoms with van der Waals surface area (Å²) in [5.41, 5.74) is 6.08. The van der Waals surface area contributed by atoms with Crippen molar-refractivity contribution in [3.63, 3.8) is 0 Å². The molecule has 2 aliphatic heterocycles. The Morgan fingerprint density at radius 3 is 1.88 bits per heavy atom. The Morgan fingerprint density at radius 1 is 0.707 bits per heavy atom. The van der Waals surface area contributed by atoms with Crippen LogP contribution in [0.1, 0.15) is 11.1 Å². The van der Waals surface area contributed by atoms with Gasteiger partial charge in [0.05, 0.1) is 22.3 Å². The summed E-state index contributed by atoms with van der Waals surface area (Å²) in [5, 5.41) is 6.68. The van der Waals surface area contributed by atoms with E-state index in [-0.39, 0.29) is 11.9 Å². The highest BCUT2D eigenvalue weighted by Crippen LogP contribution is 2.30. The average molecular weight is 596 g/mol. The largest absolute Gasteiger partial charge is 0.369 e. The number of amides is 3. The molecule has 2 heterocycles. The second-order valence-corrected chi connectivity index (χ2v) is 11.5. The van der Waals surface area contributed by atoms with Gasteiger partial charge in [0.2, 0.25) is 5.91 Å². The third-order valence-electron chi connectivity index (χ3n) is 7.59. The maximum absolute atomic E-state index is 12.7. The molecule has 2 fully saturated rings. The van der Waals surface area contributed by atoms with Gasteiger partial charge in [0, 0.05) is 69.4 Å². The summed E-state index contributed by atoms with van der Waals surface area (Å²) < 4.78 is 0. The van der Waals surface area contributed by atoms with Crippen molar-refractivity contribution in [1.82, 2.24) is 9.80 Å². The number of rotatable bonds is 6. The maximum atomic E-state index is 12.7. The second-order valence-electron chi connectivity index (χ2n) is 10.7. The Hall–Kier alpha value is -3.46. The summed E-state index contributed by atoms with van der Waals surface area (Å²) in [6, 6.07) is 19.5. The smallest absolute Gasteiger partial charge is 0.322 e. The molecule has 8 nitrogen and oxygen atoms in total. The Labute approximate surface area is 251 Å². The van der Waals surface area contributed by atoms with E-state index in [1.807, 2.05) is 24.3 Å². The summed E-state index contributed by atoms with van der Waals surface area (Å²) in [6.45, 7) is 10.7. The molecule has 0 radical (unpaired) electrons. The lowest BCUT2D eigenvalue weighted by molar-refractivity contribution is -0.117. The van der Waals surface area contributed by atoms with E-state index in [9.17, 15) is 9.59 Å². The van der Waals surface area contributed by atoms with Gasteiger partial charge in [-0.2, -0.15) is 0 Å². The van der Waals surface area contributed by atoms with E-state index in [0.717, 1.165) is 37.6 Å². The molecule has 3 aromatic carbocycles. The van der Waals surface area contributed by atoms with Crippen LogP contribution in [0.3, 0.4) is 0 Å². The van der Waals surface area contributed by atoms with Crippen molar-refractivity contribution in [2.24, 2.45) is 0 Å².